The number of ether oxygens (including phenoxy) is 1. The van der Waals surface area contributed by atoms with E-state index in [1.165, 1.54) is 12.0 Å². The minimum atomic E-state index is -0.236. The van der Waals surface area contributed by atoms with Crippen LogP contribution in [-0.2, 0) is 6.42 Å². The van der Waals surface area contributed by atoms with Gasteiger partial charge in [-0.15, -0.1) is 0 Å². The first-order valence-electron chi connectivity index (χ1n) is 8.18. The van der Waals surface area contributed by atoms with Crippen molar-refractivity contribution in [3.63, 3.8) is 0 Å². The van der Waals surface area contributed by atoms with Crippen molar-refractivity contribution in [1.82, 2.24) is 10.3 Å². The molecule has 1 heterocycles. The SMILES string of the molecule is COc1cccc(-c2ocnc2C(=O)NCCCc2ccccc2)c1. The predicted octanol–water partition coefficient (Wildman–Crippen LogP) is 3.71. The maximum Gasteiger partial charge on any atom is 0.273 e. The van der Waals surface area contributed by atoms with Crippen molar-refractivity contribution in [1.29, 1.82) is 0 Å². The van der Waals surface area contributed by atoms with E-state index < -0.39 is 0 Å². The number of carbonyl (C=O) groups excluding carboxylic acids is 1. The van der Waals surface area contributed by atoms with Crippen LogP contribution in [0.5, 0.6) is 5.75 Å². The molecule has 0 fully saturated rings. The molecule has 0 aliphatic carbocycles. The fourth-order valence-corrected chi connectivity index (χ4v) is 2.60. The summed E-state index contributed by atoms with van der Waals surface area (Å²) in [7, 11) is 1.60. The molecule has 0 radical (unpaired) electrons. The van der Waals surface area contributed by atoms with E-state index in [9.17, 15) is 4.79 Å². The summed E-state index contributed by atoms with van der Waals surface area (Å²) < 4.78 is 10.6. The molecule has 0 atom stereocenters. The summed E-state index contributed by atoms with van der Waals surface area (Å²) in [6, 6.07) is 17.5. The zero-order valence-corrected chi connectivity index (χ0v) is 14.1. The molecule has 0 unspecified atom stereocenters. The Labute approximate surface area is 146 Å². The second kappa shape index (κ2) is 8.15. The van der Waals surface area contributed by atoms with Crippen LogP contribution < -0.4 is 10.1 Å². The van der Waals surface area contributed by atoms with Crippen LogP contribution in [-0.4, -0.2) is 24.5 Å². The highest BCUT2D eigenvalue weighted by atomic mass is 16.5. The predicted molar refractivity (Wildman–Crippen MR) is 95.6 cm³/mol. The summed E-state index contributed by atoms with van der Waals surface area (Å²) in [5, 5.41) is 2.90. The van der Waals surface area contributed by atoms with Crippen LogP contribution in [0.25, 0.3) is 11.3 Å². The lowest BCUT2D eigenvalue weighted by molar-refractivity contribution is 0.0949. The van der Waals surface area contributed by atoms with Crippen LogP contribution >= 0.6 is 0 Å². The molecule has 0 spiro atoms. The average molecular weight is 336 g/mol. The second-order valence-electron chi connectivity index (χ2n) is 5.61. The molecule has 1 N–H and O–H groups in total. The van der Waals surface area contributed by atoms with Gasteiger partial charge in [0.1, 0.15) is 5.75 Å². The van der Waals surface area contributed by atoms with Gasteiger partial charge < -0.3 is 14.5 Å². The molecule has 5 nitrogen and oxygen atoms in total. The van der Waals surface area contributed by atoms with Gasteiger partial charge >= 0.3 is 0 Å². The number of carbonyl (C=O) groups is 1. The van der Waals surface area contributed by atoms with Crippen molar-refractivity contribution in [2.75, 3.05) is 13.7 Å². The molecule has 3 aromatic rings. The summed E-state index contributed by atoms with van der Waals surface area (Å²) >= 11 is 0. The largest absolute Gasteiger partial charge is 0.497 e. The number of methoxy groups -OCH3 is 1. The van der Waals surface area contributed by atoms with Crippen LogP contribution in [0.1, 0.15) is 22.5 Å². The fourth-order valence-electron chi connectivity index (χ4n) is 2.60. The quantitative estimate of drug-likeness (QED) is 0.668. The summed E-state index contributed by atoms with van der Waals surface area (Å²) in [4.78, 5) is 16.5. The maximum atomic E-state index is 12.4. The number of amides is 1. The van der Waals surface area contributed by atoms with Crippen molar-refractivity contribution in [3.05, 3.63) is 72.2 Å². The molecule has 0 saturated heterocycles. The minimum Gasteiger partial charge on any atom is -0.497 e. The first-order valence-corrected chi connectivity index (χ1v) is 8.18. The van der Waals surface area contributed by atoms with Crippen molar-refractivity contribution in [3.8, 4) is 17.1 Å². The minimum absolute atomic E-state index is 0.236. The number of aryl methyl sites for hydroxylation is 1. The molecule has 0 bridgehead atoms. The van der Waals surface area contributed by atoms with Crippen LogP contribution in [0, 0.1) is 0 Å². The molecule has 0 saturated carbocycles. The van der Waals surface area contributed by atoms with Crippen molar-refractivity contribution < 1.29 is 13.9 Å². The highest BCUT2D eigenvalue weighted by molar-refractivity contribution is 5.97. The summed E-state index contributed by atoms with van der Waals surface area (Å²) in [5.41, 5.74) is 2.30. The normalized spacial score (nSPS) is 10.4. The van der Waals surface area contributed by atoms with E-state index in [1.807, 2.05) is 42.5 Å². The number of aromatic nitrogens is 1. The van der Waals surface area contributed by atoms with Gasteiger partial charge in [0.25, 0.3) is 5.91 Å². The lowest BCUT2D eigenvalue weighted by atomic mass is 10.1. The Morgan fingerprint density at radius 2 is 2.00 bits per heavy atom. The van der Waals surface area contributed by atoms with Gasteiger partial charge in [0, 0.05) is 12.1 Å². The van der Waals surface area contributed by atoms with Gasteiger partial charge in [-0.1, -0.05) is 42.5 Å². The Morgan fingerprint density at radius 1 is 1.16 bits per heavy atom. The molecule has 5 heteroatoms. The first-order chi connectivity index (χ1) is 12.3. The third-order valence-corrected chi connectivity index (χ3v) is 3.89. The van der Waals surface area contributed by atoms with Crippen molar-refractivity contribution in [2.45, 2.75) is 12.8 Å². The Balaban J connectivity index is 1.60. The molecule has 1 aromatic heterocycles. The number of oxazole rings is 1. The molecule has 0 aliphatic rings. The monoisotopic (exact) mass is 336 g/mol. The highest BCUT2D eigenvalue weighted by Gasteiger charge is 2.18. The third kappa shape index (κ3) is 4.26. The number of rotatable bonds is 7. The van der Waals surface area contributed by atoms with Gasteiger partial charge in [0.05, 0.1) is 7.11 Å². The van der Waals surface area contributed by atoms with E-state index in [-0.39, 0.29) is 11.6 Å². The Kier molecular flexibility index (Phi) is 5.46. The van der Waals surface area contributed by atoms with Crippen molar-refractivity contribution in [2.24, 2.45) is 0 Å². The maximum absolute atomic E-state index is 12.4. The highest BCUT2D eigenvalue weighted by Crippen LogP contribution is 2.26. The molecular formula is C20H20N2O3. The molecule has 128 valence electrons. The topological polar surface area (TPSA) is 64.4 Å². The lowest BCUT2D eigenvalue weighted by Gasteiger charge is -2.06. The van der Waals surface area contributed by atoms with Gasteiger partial charge in [-0.3, -0.25) is 4.79 Å². The Bertz CT molecular complexity index is 828. The van der Waals surface area contributed by atoms with E-state index in [4.69, 9.17) is 9.15 Å². The molecule has 25 heavy (non-hydrogen) atoms. The van der Waals surface area contributed by atoms with E-state index in [0.29, 0.717) is 18.1 Å². The van der Waals surface area contributed by atoms with Gasteiger partial charge in [0.2, 0.25) is 0 Å². The number of hydrogen-bond acceptors (Lipinski definition) is 4. The summed E-state index contributed by atoms with van der Waals surface area (Å²) in [5.74, 6) is 0.905. The molecule has 0 aliphatic heterocycles. The second-order valence-corrected chi connectivity index (χ2v) is 5.61. The average Bonchev–Trinajstić information content (AvgIpc) is 3.16. The number of nitrogens with one attached hydrogen (secondary N) is 1. The van der Waals surface area contributed by atoms with Gasteiger partial charge in [-0.25, -0.2) is 4.98 Å². The number of hydrogen-bond donors (Lipinski definition) is 1. The zero-order chi connectivity index (χ0) is 17.5. The zero-order valence-electron chi connectivity index (χ0n) is 14.1. The smallest absolute Gasteiger partial charge is 0.273 e. The van der Waals surface area contributed by atoms with E-state index in [2.05, 4.69) is 22.4 Å². The number of nitrogens with zero attached hydrogens (tertiary/aromatic N) is 1. The molecular weight excluding hydrogens is 316 g/mol. The first kappa shape index (κ1) is 16.8. The van der Waals surface area contributed by atoms with E-state index in [0.717, 1.165) is 18.4 Å². The standard InChI is InChI=1S/C20H20N2O3/c1-24-17-11-5-10-16(13-17)19-18(22-14-25-19)20(23)21-12-6-9-15-7-3-2-4-8-15/h2-5,7-8,10-11,13-14H,6,9,12H2,1H3,(H,21,23). The third-order valence-electron chi connectivity index (χ3n) is 3.89. The Morgan fingerprint density at radius 3 is 2.80 bits per heavy atom. The molecule has 1 amide bonds. The fraction of sp³-hybridized carbons (Fsp3) is 0.200. The molecule has 3 rings (SSSR count). The van der Waals surface area contributed by atoms with Gasteiger partial charge in [-0.2, -0.15) is 0 Å². The van der Waals surface area contributed by atoms with Gasteiger partial charge in [-0.05, 0) is 30.5 Å². The lowest BCUT2D eigenvalue weighted by Crippen LogP contribution is -2.25. The Hall–Kier alpha value is -3.08. The van der Waals surface area contributed by atoms with E-state index >= 15 is 0 Å². The summed E-state index contributed by atoms with van der Waals surface area (Å²) in [6.45, 7) is 0.581. The number of benzene rings is 2. The van der Waals surface area contributed by atoms with Crippen molar-refractivity contribution >= 4 is 5.91 Å². The van der Waals surface area contributed by atoms with Crippen LogP contribution in [0.4, 0.5) is 0 Å². The molecule has 2 aromatic carbocycles. The van der Waals surface area contributed by atoms with Crippen LogP contribution in [0.2, 0.25) is 0 Å². The van der Waals surface area contributed by atoms with Gasteiger partial charge in [0.15, 0.2) is 17.8 Å². The van der Waals surface area contributed by atoms with Crippen LogP contribution in [0.15, 0.2) is 65.4 Å². The van der Waals surface area contributed by atoms with Crippen LogP contribution in [0.3, 0.4) is 0 Å². The summed E-state index contributed by atoms with van der Waals surface area (Å²) in [6.07, 6.45) is 3.07. The van der Waals surface area contributed by atoms with E-state index in [1.54, 1.807) is 7.11 Å².